The number of nitrogens with one attached hydrogen (secondary N) is 9. The zero-order chi connectivity index (χ0) is 73.9. The van der Waals surface area contributed by atoms with Gasteiger partial charge < -0.3 is 98.9 Å². The van der Waals surface area contributed by atoms with Gasteiger partial charge in [0.15, 0.2) is 0 Å². The highest BCUT2D eigenvalue weighted by molar-refractivity contribution is 4.89. The Morgan fingerprint density at radius 2 is 0.531 bits per heavy atom. The van der Waals surface area contributed by atoms with Gasteiger partial charge in [-0.25, -0.2) is 0 Å². The molecule has 19 N–H and O–H groups in total. The summed E-state index contributed by atoms with van der Waals surface area (Å²) in [4.78, 5) is 0. The fourth-order valence-electron chi connectivity index (χ4n) is 15.5. The monoisotopic (exact) mass is 1400 g/mol. The number of rotatable bonds is 23. The van der Waals surface area contributed by atoms with E-state index in [9.17, 15) is 30.6 Å². The van der Waals surface area contributed by atoms with Crippen molar-refractivity contribution < 1.29 is 51.1 Å². The van der Waals surface area contributed by atoms with Crippen molar-refractivity contribution in [3.8, 4) is 0 Å². The van der Waals surface area contributed by atoms with Gasteiger partial charge in [-0.2, -0.15) is 0 Å². The Balaban J connectivity index is 0.000000552. The smallest absolute Gasteiger partial charge is 0.0605 e. The minimum atomic E-state index is -0.314. The van der Waals surface area contributed by atoms with E-state index in [0.29, 0.717) is 146 Å². The number of hydrogen-bond donors (Lipinski definition) is 19. The molecule has 0 aromatic carbocycles. The van der Waals surface area contributed by atoms with Gasteiger partial charge in [-0.15, -0.1) is 0 Å². The van der Waals surface area contributed by atoms with Crippen molar-refractivity contribution in [2.24, 2.45) is 29.6 Å². The zero-order valence-corrected chi connectivity index (χ0v) is 66.5. The Morgan fingerprint density at radius 1 is 0.235 bits per heavy atom. The summed E-state index contributed by atoms with van der Waals surface area (Å²) in [6.45, 7) is 41.1. The first-order valence-electron chi connectivity index (χ1n) is 40.5. The molecule has 9 saturated carbocycles. The van der Waals surface area contributed by atoms with Gasteiger partial charge in [0.05, 0.1) is 36.6 Å². The fourth-order valence-corrected chi connectivity index (χ4v) is 15.5. The Hall–Kier alpha value is -0.760. The molecule has 0 aliphatic heterocycles. The van der Waals surface area contributed by atoms with Gasteiger partial charge >= 0.3 is 0 Å². The third kappa shape index (κ3) is 49.9. The first-order valence-corrected chi connectivity index (χ1v) is 40.5. The Labute approximate surface area is 602 Å². The summed E-state index contributed by atoms with van der Waals surface area (Å²) in [5, 5.41) is 122. The third-order valence-corrected chi connectivity index (χ3v) is 20.3. The van der Waals surface area contributed by atoms with Gasteiger partial charge in [-0.3, -0.25) is 0 Å². The first kappa shape index (κ1) is 95.3. The number of aliphatic hydroxyl groups is 10. The molecule has 9 rings (SSSR count). The van der Waals surface area contributed by atoms with Crippen LogP contribution in [0.1, 0.15) is 304 Å². The predicted octanol–water partition coefficient (Wildman–Crippen LogP) is 9.07. The fraction of sp³-hybridized carbons (Fsp3) is 1.00. The lowest BCUT2D eigenvalue weighted by Crippen LogP contribution is -2.45. The standard InChI is InChI=1S/C10H21NO.C9H19NO2.4C9H19NO.3C8H17NO/c1-8(2)11-10-5-3-9(7-12)4-6-10;1-6(2)10-8-3-7(5-11)9(12)4-8;1-7(2)10-8-3-5-9(11)6-4-8;1-7(2)10-9-4-3-8(5-9)6-11;1-7(2)10-6-8-3-4-9(11)5-8;1-7(2)10-8-4-3-5-9(11)6-8;1-6(2)9-8-3-7(4-8)5-10;2*1-6(2)9-7-3-4-8(10)5-7/h8-12H,3-7H2,1-2H3;6-12H,3-5H2,1-2H3;4*7-11H,3-6H2,1-2H3;3*6-10H,3-5H2,1-2H3/t;7-,8+,9-;;3*8-,9-;;7-,8+;7-,8-/m.1.101.11/s1. The van der Waals surface area contributed by atoms with Crippen LogP contribution in [0.5, 0.6) is 0 Å². The number of aliphatic hydroxyl groups excluding tert-OH is 10. The molecule has 9 aliphatic carbocycles. The maximum atomic E-state index is 9.47. The van der Waals surface area contributed by atoms with Crippen molar-refractivity contribution in [2.45, 2.75) is 444 Å². The van der Waals surface area contributed by atoms with Gasteiger partial charge in [0, 0.05) is 135 Å². The van der Waals surface area contributed by atoms with Crippen LogP contribution in [0.3, 0.4) is 0 Å². The van der Waals surface area contributed by atoms with Gasteiger partial charge in [0.2, 0.25) is 0 Å². The van der Waals surface area contributed by atoms with E-state index >= 15 is 0 Å². The summed E-state index contributed by atoms with van der Waals surface area (Å²) in [7, 11) is 0. The predicted molar refractivity (Wildman–Crippen MR) is 411 cm³/mol. The average molecular weight is 1400 g/mol. The minimum Gasteiger partial charge on any atom is -0.396 e. The molecule has 0 heterocycles. The molecule has 19 heteroatoms. The van der Waals surface area contributed by atoms with Gasteiger partial charge in [0.25, 0.3) is 0 Å². The highest BCUT2D eigenvalue weighted by Crippen LogP contribution is 2.30. The maximum absolute atomic E-state index is 9.47. The molecule has 0 spiro atoms. The number of hydrogen-bond acceptors (Lipinski definition) is 19. The highest BCUT2D eigenvalue weighted by atomic mass is 16.3. The van der Waals surface area contributed by atoms with Crippen molar-refractivity contribution in [3.63, 3.8) is 0 Å². The second-order valence-corrected chi connectivity index (χ2v) is 34.2. The van der Waals surface area contributed by atoms with Gasteiger partial charge in [-0.05, 0) is 210 Å². The molecule has 19 nitrogen and oxygen atoms in total. The van der Waals surface area contributed by atoms with Crippen LogP contribution in [0.25, 0.3) is 0 Å². The Morgan fingerprint density at radius 3 is 0.867 bits per heavy atom. The molecule has 0 saturated heterocycles. The lowest BCUT2D eigenvalue weighted by Gasteiger charge is -2.36. The normalized spacial score (nSPS) is 32.8. The molecule has 9 aliphatic rings. The third-order valence-electron chi connectivity index (χ3n) is 20.3. The molecule has 0 amide bonds. The molecule has 588 valence electrons. The van der Waals surface area contributed by atoms with Crippen LogP contribution in [0.4, 0.5) is 0 Å². The van der Waals surface area contributed by atoms with E-state index < -0.39 is 0 Å². The molecule has 9 fully saturated rings. The van der Waals surface area contributed by atoms with Crippen LogP contribution in [0.2, 0.25) is 0 Å². The highest BCUT2D eigenvalue weighted by Gasteiger charge is 2.33. The van der Waals surface area contributed by atoms with E-state index in [2.05, 4.69) is 172 Å². The molecule has 13 atom stereocenters. The van der Waals surface area contributed by atoms with Crippen LogP contribution in [-0.2, 0) is 0 Å². The second-order valence-electron chi connectivity index (χ2n) is 34.2. The summed E-state index contributed by atoms with van der Waals surface area (Å²) in [6, 6.07) is 9.79. The second kappa shape index (κ2) is 55.7. The largest absolute Gasteiger partial charge is 0.396 e. The van der Waals surface area contributed by atoms with Gasteiger partial charge in [-0.1, -0.05) is 125 Å². The van der Waals surface area contributed by atoms with E-state index in [4.69, 9.17) is 20.4 Å². The topological polar surface area (TPSA) is 311 Å². The molecule has 98 heavy (non-hydrogen) atoms. The minimum absolute atomic E-state index is 0.0195. The first-order chi connectivity index (χ1) is 46.2. The van der Waals surface area contributed by atoms with Crippen LogP contribution in [0.15, 0.2) is 0 Å². The molecular weight excluding hydrogens is 1230 g/mol. The molecule has 0 aromatic heterocycles. The summed E-state index contributed by atoms with van der Waals surface area (Å²) in [5.41, 5.74) is 0. The quantitative estimate of drug-likeness (QED) is 0.0453. The van der Waals surface area contributed by atoms with E-state index in [0.717, 1.165) is 129 Å². The zero-order valence-electron chi connectivity index (χ0n) is 66.5. The van der Waals surface area contributed by atoms with E-state index in [1.807, 2.05) is 0 Å². The molecule has 0 radical (unpaired) electrons. The van der Waals surface area contributed by atoms with Crippen LogP contribution in [-0.4, -0.2) is 223 Å². The van der Waals surface area contributed by atoms with Crippen LogP contribution in [0, 0.1) is 29.6 Å². The van der Waals surface area contributed by atoms with Crippen molar-refractivity contribution >= 4 is 0 Å². The molecule has 0 aromatic rings. The van der Waals surface area contributed by atoms with E-state index in [-0.39, 0.29) is 49.1 Å². The maximum Gasteiger partial charge on any atom is 0.0605 e. The van der Waals surface area contributed by atoms with E-state index in [1.165, 1.54) is 57.8 Å². The van der Waals surface area contributed by atoms with Crippen molar-refractivity contribution in [1.82, 2.24) is 47.9 Å². The summed E-state index contributed by atoms with van der Waals surface area (Å²) >= 11 is 0. The SMILES string of the molecule is CC(C)NC1CC(CO)C1.CC(C)NC1CCC(CO)CC1.CC(C)NC1CCC(O)CC1.CC(C)NC[C@H]1CC[C@H](O)C1.CC(C)N[C@@H]1CCC[C@@H](O)C1.CC(C)N[C@@H]1CC[C@@H](CO)C1.CC(C)N[C@@H]1CC[C@@H](O)C1.CC(C)N[C@@H]1CC[C@H](O)C1.CC(C)N[C@H]1C[C@H](CO)[C@H](O)C1. The summed E-state index contributed by atoms with van der Waals surface area (Å²) in [5.74, 6) is 2.52. The van der Waals surface area contributed by atoms with Crippen molar-refractivity contribution in [1.29, 1.82) is 0 Å². The molecular formula is C79H167N9O10. The lowest BCUT2D eigenvalue weighted by atomic mass is 9.80. The molecule has 0 unspecified atom stereocenters. The Bertz CT molecular complexity index is 1770. The van der Waals surface area contributed by atoms with Crippen LogP contribution < -0.4 is 47.9 Å². The Kier molecular flexibility index (Phi) is 54.1. The lowest BCUT2D eigenvalue weighted by molar-refractivity contribution is 0.0907. The average Bonchev–Trinajstić information content (AvgIpc) is 1.16. The summed E-state index contributed by atoms with van der Waals surface area (Å²) in [6.07, 6.45) is 29.8. The molecule has 0 bridgehead atoms. The van der Waals surface area contributed by atoms with Crippen LogP contribution >= 0.6 is 0 Å². The van der Waals surface area contributed by atoms with Gasteiger partial charge in [0.1, 0.15) is 0 Å². The summed E-state index contributed by atoms with van der Waals surface area (Å²) < 4.78 is 0. The van der Waals surface area contributed by atoms with E-state index in [1.54, 1.807) is 0 Å². The van der Waals surface area contributed by atoms with Crippen molar-refractivity contribution in [2.75, 3.05) is 33.0 Å². The van der Waals surface area contributed by atoms with Crippen molar-refractivity contribution in [3.05, 3.63) is 0 Å².